The molecule has 0 radical (unpaired) electrons. The molecule has 2 aromatic rings. The molecule has 6 heteroatoms. The van der Waals surface area contributed by atoms with Crippen molar-refractivity contribution < 1.29 is 9.90 Å². The van der Waals surface area contributed by atoms with Crippen molar-refractivity contribution in [1.82, 2.24) is 14.3 Å². The van der Waals surface area contributed by atoms with Gasteiger partial charge in [-0.1, -0.05) is 12.5 Å². The van der Waals surface area contributed by atoms with Crippen LogP contribution < -0.4 is 5.73 Å². The number of pyridine rings is 1. The predicted octanol–water partition coefficient (Wildman–Crippen LogP) is 1.60. The summed E-state index contributed by atoms with van der Waals surface area (Å²) in [6.45, 7) is 2.71. The van der Waals surface area contributed by atoms with Crippen LogP contribution in [0.15, 0.2) is 18.2 Å². The van der Waals surface area contributed by atoms with Gasteiger partial charge in [0.25, 0.3) is 0 Å². The molecule has 0 spiro atoms. The van der Waals surface area contributed by atoms with Crippen molar-refractivity contribution in [3.8, 4) is 0 Å². The van der Waals surface area contributed by atoms with Gasteiger partial charge in [0.1, 0.15) is 11.6 Å². The number of nitrogens with two attached hydrogens (primary N) is 1. The van der Waals surface area contributed by atoms with Gasteiger partial charge in [0.15, 0.2) is 5.69 Å². The molecule has 1 aliphatic rings. The van der Waals surface area contributed by atoms with Crippen LogP contribution in [0.25, 0.3) is 5.52 Å². The fourth-order valence-electron chi connectivity index (χ4n) is 2.82. The van der Waals surface area contributed by atoms with E-state index in [1.807, 2.05) is 0 Å². The molecule has 3 heterocycles. The summed E-state index contributed by atoms with van der Waals surface area (Å²) in [4.78, 5) is 17.9. The van der Waals surface area contributed by atoms with E-state index in [9.17, 15) is 9.90 Å². The van der Waals surface area contributed by atoms with E-state index >= 15 is 0 Å². The van der Waals surface area contributed by atoms with Gasteiger partial charge in [-0.25, -0.2) is 9.78 Å². The van der Waals surface area contributed by atoms with E-state index in [-0.39, 0.29) is 5.69 Å². The quantitative estimate of drug-likeness (QED) is 0.888. The molecule has 106 valence electrons. The van der Waals surface area contributed by atoms with Crippen molar-refractivity contribution in [2.24, 2.45) is 0 Å². The third-order valence-electron chi connectivity index (χ3n) is 3.78. The van der Waals surface area contributed by atoms with Crippen LogP contribution in [0.4, 0.5) is 5.82 Å². The summed E-state index contributed by atoms with van der Waals surface area (Å²) >= 11 is 0. The fraction of sp³-hybridized carbons (Fsp3) is 0.429. The van der Waals surface area contributed by atoms with Crippen molar-refractivity contribution in [2.75, 3.05) is 18.8 Å². The minimum Gasteiger partial charge on any atom is -0.476 e. The van der Waals surface area contributed by atoms with Gasteiger partial charge in [-0.15, -0.1) is 0 Å². The number of imidazole rings is 1. The van der Waals surface area contributed by atoms with E-state index < -0.39 is 5.97 Å². The molecule has 0 atom stereocenters. The van der Waals surface area contributed by atoms with Crippen LogP contribution >= 0.6 is 0 Å². The first-order chi connectivity index (χ1) is 9.66. The number of rotatable bonds is 3. The van der Waals surface area contributed by atoms with Crippen LogP contribution in [0.3, 0.4) is 0 Å². The van der Waals surface area contributed by atoms with Gasteiger partial charge in [0.05, 0.1) is 12.1 Å². The Hall–Kier alpha value is -2.08. The van der Waals surface area contributed by atoms with E-state index in [0.29, 0.717) is 23.7 Å². The van der Waals surface area contributed by atoms with Gasteiger partial charge < -0.3 is 10.8 Å². The number of carbonyl (C=O) groups is 1. The van der Waals surface area contributed by atoms with E-state index in [1.54, 1.807) is 22.6 Å². The average molecular weight is 274 g/mol. The summed E-state index contributed by atoms with van der Waals surface area (Å²) < 4.78 is 1.75. The Morgan fingerprint density at radius 3 is 2.75 bits per heavy atom. The van der Waals surface area contributed by atoms with Crippen molar-refractivity contribution in [3.05, 3.63) is 29.7 Å². The number of piperidine rings is 1. The number of nitrogen functional groups attached to an aromatic ring is 1. The Balaban J connectivity index is 2.03. The number of hydrogen-bond donors (Lipinski definition) is 2. The number of likely N-dealkylation sites (tertiary alicyclic amines) is 1. The first-order valence-corrected chi connectivity index (χ1v) is 6.88. The van der Waals surface area contributed by atoms with Gasteiger partial charge >= 0.3 is 5.97 Å². The molecule has 0 saturated carbocycles. The Kier molecular flexibility index (Phi) is 3.31. The zero-order valence-corrected chi connectivity index (χ0v) is 11.2. The van der Waals surface area contributed by atoms with Crippen LogP contribution in [0.5, 0.6) is 0 Å². The lowest BCUT2D eigenvalue weighted by Gasteiger charge is -2.25. The molecule has 1 saturated heterocycles. The Bertz CT molecular complexity index is 644. The van der Waals surface area contributed by atoms with Crippen molar-refractivity contribution in [3.63, 3.8) is 0 Å². The van der Waals surface area contributed by atoms with Crippen LogP contribution in [0.2, 0.25) is 0 Å². The molecule has 1 fully saturated rings. The van der Waals surface area contributed by atoms with Gasteiger partial charge in [-0.3, -0.25) is 9.30 Å². The number of hydrogen-bond acceptors (Lipinski definition) is 4. The molecule has 1 aliphatic heterocycles. The fourth-order valence-corrected chi connectivity index (χ4v) is 2.82. The molecule has 0 bridgehead atoms. The average Bonchev–Trinajstić information content (AvgIpc) is 2.80. The van der Waals surface area contributed by atoms with Crippen LogP contribution in [0, 0.1) is 0 Å². The maximum absolute atomic E-state index is 11.3. The molecule has 6 nitrogen and oxygen atoms in total. The predicted molar refractivity (Wildman–Crippen MR) is 75.7 cm³/mol. The highest BCUT2D eigenvalue weighted by Crippen LogP contribution is 2.20. The minimum absolute atomic E-state index is 0.0734. The SMILES string of the molecule is Nc1cccc2c(C(=O)O)nc(CN3CCCCC3)n12. The molecule has 3 N–H and O–H groups in total. The van der Waals surface area contributed by atoms with E-state index in [1.165, 1.54) is 19.3 Å². The molecule has 20 heavy (non-hydrogen) atoms. The number of fused-ring (bicyclic) bond motifs is 1. The van der Waals surface area contributed by atoms with Gasteiger partial charge in [-0.2, -0.15) is 0 Å². The summed E-state index contributed by atoms with van der Waals surface area (Å²) in [6.07, 6.45) is 3.64. The third kappa shape index (κ3) is 2.22. The Morgan fingerprint density at radius 1 is 1.30 bits per heavy atom. The number of aromatic carboxylic acids is 1. The Morgan fingerprint density at radius 2 is 2.05 bits per heavy atom. The third-order valence-corrected chi connectivity index (χ3v) is 3.78. The molecule has 0 aromatic carbocycles. The van der Waals surface area contributed by atoms with Gasteiger partial charge in [-0.05, 0) is 38.1 Å². The number of carboxylic acid groups (broad SMARTS) is 1. The normalized spacial score (nSPS) is 16.6. The lowest BCUT2D eigenvalue weighted by molar-refractivity contribution is 0.0693. The molecular formula is C14H18N4O2. The minimum atomic E-state index is -1.02. The standard InChI is InChI=1S/C14H18N4O2/c15-11-6-4-5-10-13(14(19)20)16-12(18(10)11)9-17-7-2-1-3-8-17/h4-6H,1-3,7-9,15H2,(H,19,20). The van der Waals surface area contributed by atoms with E-state index in [0.717, 1.165) is 13.1 Å². The van der Waals surface area contributed by atoms with Crippen LogP contribution in [-0.2, 0) is 6.54 Å². The highest BCUT2D eigenvalue weighted by Gasteiger charge is 2.20. The monoisotopic (exact) mass is 274 g/mol. The Labute approximate surface area is 116 Å². The first kappa shape index (κ1) is 12.9. The van der Waals surface area contributed by atoms with Crippen molar-refractivity contribution in [1.29, 1.82) is 0 Å². The molecule has 3 rings (SSSR count). The molecule has 0 amide bonds. The maximum atomic E-state index is 11.3. The molecular weight excluding hydrogens is 256 g/mol. The first-order valence-electron chi connectivity index (χ1n) is 6.88. The highest BCUT2D eigenvalue weighted by molar-refractivity contribution is 5.94. The van der Waals surface area contributed by atoms with Crippen molar-refractivity contribution in [2.45, 2.75) is 25.8 Å². The summed E-state index contributed by atoms with van der Waals surface area (Å²) in [5.41, 5.74) is 6.62. The lowest BCUT2D eigenvalue weighted by atomic mass is 10.1. The zero-order chi connectivity index (χ0) is 14.1. The second-order valence-electron chi connectivity index (χ2n) is 5.19. The topological polar surface area (TPSA) is 83.9 Å². The summed E-state index contributed by atoms with van der Waals surface area (Å²) in [5.74, 6) is 0.213. The smallest absolute Gasteiger partial charge is 0.356 e. The van der Waals surface area contributed by atoms with E-state index in [4.69, 9.17) is 5.73 Å². The van der Waals surface area contributed by atoms with Crippen molar-refractivity contribution >= 4 is 17.3 Å². The second kappa shape index (κ2) is 5.13. The number of anilines is 1. The molecule has 0 unspecified atom stereocenters. The summed E-state index contributed by atoms with van der Waals surface area (Å²) in [7, 11) is 0. The zero-order valence-electron chi connectivity index (χ0n) is 11.2. The largest absolute Gasteiger partial charge is 0.476 e. The van der Waals surface area contributed by atoms with Gasteiger partial charge in [0, 0.05) is 0 Å². The number of aromatic nitrogens is 2. The van der Waals surface area contributed by atoms with Crippen LogP contribution in [0.1, 0.15) is 35.6 Å². The lowest BCUT2D eigenvalue weighted by Crippen LogP contribution is -2.30. The summed E-state index contributed by atoms with van der Waals surface area (Å²) in [6, 6.07) is 5.26. The van der Waals surface area contributed by atoms with E-state index in [2.05, 4.69) is 9.88 Å². The highest BCUT2D eigenvalue weighted by atomic mass is 16.4. The van der Waals surface area contributed by atoms with Gasteiger partial charge in [0.2, 0.25) is 0 Å². The summed E-state index contributed by atoms with van der Waals surface area (Å²) in [5, 5.41) is 9.26. The number of carboxylic acids is 1. The maximum Gasteiger partial charge on any atom is 0.356 e. The molecule has 0 aliphatic carbocycles. The second-order valence-corrected chi connectivity index (χ2v) is 5.19. The van der Waals surface area contributed by atoms with Crippen LogP contribution in [-0.4, -0.2) is 38.4 Å². The number of nitrogens with zero attached hydrogens (tertiary/aromatic N) is 3. The molecule has 2 aromatic heterocycles.